The van der Waals surface area contributed by atoms with Crippen LogP contribution in [0, 0.1) is 0 Å². The molecule has 16 heavy (non-hydrogen) atoms. The van der Waals surface area contributed by atoms with Crippen LogP contribution in [0.3, 0.4) is 0 Å². The van der Waals surface area contributed by atoms with Crippen molar-refractivity contribution in [2.24, 2.45) is 10.9 Å². The van der Waals surface area contributed by atoms with E-state index in [2.05, 4.69) is 22.4 Å². The molecule has 0 aromatic carbocycles. The van der Waals surface area contributed by atoms with Crippen LogP contribution < -0.4 is 11.1 Å². The molecule has 1 aliphatic rings. The van der Waals surface area contributed by atoms with Crippen LogP contribution in [0.4, 0.5) is 0 Å². The second-order valence-electron chi connectivity index (χ2n) is 4.53. The van der Waals surface area contributed by atoms with Crippen molar-refractivity contribution in [3.63, 3.8) is 0 Å². The lowest BCUT2D eigenvalue weighted by Gasteiger charge is -2.32. The zero-order valence-corrected chi connectivity index (χ0v) is 10.2. The summed E-state index contributed by atoms with van der Waals surface area (Å²) in [6, 6.07) is 0.678. The lowest BCUT2D eigenvalue weighted by molar-refractivity contribution is 0.182. The van der Waals surface area contributed by atoms with Gasteiger partial charge in [0.1, 0.15) is 5.84 Å². The van der Waals surface area contributed by atoms with Gasteiger partial charge in [-0.15, -0.1) is 0 Å². The van der Waals surface area contributed by atoms with Crippen molar-refractivity contribution >= 4 is 5.84 Å². The van der Waals surface area contributed by atoms with Crippen LogP contribution in [-0.2, 0) is 0 Å². The first-order valence-corrected chi connectivity index (χ1v) is 6.11. The number of likely N-dealkylation sites (tertiary alicyclic amines) is 1. The Kier molecular flexibility index (Phi) is 6.18. The fourth-order valence-electron chi connectivity index (χ4n) is 2.12. The van der Waals surface area contributed by atoms with Crippen molar-refractivity contribution in [3.05, 3.63) is 0 Å². The molecule has 0 aromatic heterocycles. The molecule has 5 heteroatoms. The zero-order chi connectivity index (χ0) is 11.8. The number of nitrogens with two attached hydrogens (primary N) is 1. The molecular weight excluding hydrogens is 204 g/mol. The summed E-state index contributed by atoms with van der Waals surface area (Å²) in [5, 5.41) is 14.7. The van der Waals surface area contributed by atoms with Gasteiger partial charge in [0, 0.05) is 19.0 Å². The van der Waals surface area contributed by atoms with Gasteiger partial charge in [0.05, 0.1) is 0 Å². The maximum Gasteiger partial charge on any atom is 0.139 e. The van der Waals surface area contributed by atoms with E-state index in [9.17, 15) is 0 Å². The van der Waals surface area contributed by atoms with E-state index in [0.717, 1.165) is 19.5 Å². The highest BCUT2D eigenvalue weighted by Crippen LogP contribution is 2.13. The largest absolute Gasteiger partial charge is 0.409 e. The standard InChI is InChI=1S/C11H24N4O/c1-15-8-3-2-5-10(15)9-13-7-4-6-11(12)14-16/h10,13,16H,2-9H2,1H3,(H2,12,14). The molecule has 1 aliphatic heterocycles. The third kappa shape index (κ3) is 4.81. The number of likely N-dealkylation sites (N-methyl/N-ethyl adjacent to an activating group) is 1. The molecule has 1 unspecified atom stereocenters. The summed E-state index contributed by atoms with van der Waals surface area (Å²) in [4.78, 5) is 2.43. The molecule has 94 valence electrons. The van der Waals surface area contributed by atoms with Gasteiger partial charge in [0.15, 0.2) is 0 Å². The van der Waals surface area contributed by atoms with Gasteiger partial charge in [0.25, 0.3) is 0 Å². The first-order valence-electron chi connectivity index (χ1n) is 6.11. The summed E-state index contributed by atoms with van der Waals surface area (Å²) in [5.74, 6) is 0.316. The van der Waals surface area contributed by atoms with Crippen LogP contribution in [0.1, 0.15) is 32.1 Å². The Bertz CT molecular complexity index is 220. The number of hydrogen-bond acceptors (Lipinski definition) is 4. The number of nitrogens with zero attached hydrogens (tertiary/aromatic N) is 2. The van der Waals surface area contributed by atoms with E-state index in [1.807, 2.05) is 0 Å². The fraction of sp³-hybridized carbons (Fsp3) is 0.909. The summed E-state index contributed by atoms with van der Waals surface area (Å²) < 4.78 is 0. The number of amidine groups is 1. The average molecular weight is 228 g/mol. The number of hydrogen-bond donors (Lipinski definition) is 3. The van der Waals surface area contributed by atoms with E-state index in [-0.39, 0.29) is 0 Å². The lowest BCUT2D eigenvalue weighted by atomic mass is 10.0. The number of oxime groups is 1. The van der Waals surface area contributed by atoms with Crippen LogP contribution in [0.2, 0.25) is 0 Å². The van der Waals surface area contributed by atoms with Crippen molar-refractivity contribution in [1.29, 1.82) is 0 Å². The summed E-state index contributed by atoms with van der Waals surface area (Å²) in [7, 11) is 2.20. The molecule has 1 fully saturated rings. The molecule has 0 radical (unpaired) electrons. The first kappa shape index (κ1) is 13.3. The molecule has 0 spiro atoms. The Labute approximate surface area is 97.7 Å². The molecule has 4 N–H and O–H groups in total. The highest BCUT2D eigenvalue weighted by atomic mass is 16.4. The molecule has 1 atom stereocenters. The van der Waals surface area contributed by atoms with E-state index >= 15 is 0 Å². The van der Waals surface area contributed by atoms with Gasteiger partial charge in [0.2, 0.25) is 0 Å². The van der Waals surface area contributed by atoms with E-state index in [1.165, 1.54) is 25.8 Å². The SMILES string of the molecule is CN1CCCCC1CNCCCC(N)=NO. The van der Waals surface area contributed by atoms with Gasteiger partial charge in [-0.05, 0) is 39.4 Å². The average Bonchev–Trinajstić information content (AvgIpc) is 2.30. The Morgan fingerprint density at radius 1 is 1.56 bits per heavy atom. The van der Waals surface area contributed by atoms with Gasteiger partial charge in [-0.2, -0.15) is 0 Å². The molecule has 0 bridgehead atoms. The Balaban J connectivity index is 2.02. The van der Waals surface area contributed by atoms with Gasteiger partial charge < -0.3 is 21.2 Å². The molecule has 1 rings (SSSR count). The van der Waals surface area contributed by atoms with Crippen LogP contribution in [0.15, 0.2) is 5.16 Å². The first-order chi connectivity index (χ1) is 7.74. The van der Waals surface area contributed by atoms with Crippen molar-refractivity contribution in [1.82, 2.24) is 10.2 Å². The predicted molar refractivity (Wildman–Crippen MR) is 65.8 cm³/mol. The zero-order valence-electron chi connectivity index (χ0n) is 10.2. The normalized spacial score (nSPS) is 23.6. The number of piperidine rings is 1. The van der Waals surface area contributed by atoms with Crippen LogP contribution in [0.5, 0.6) is 0 Å². The number of rotatable bonds is 6. The summed E-state index contributed by atoms with van der Waals surface area (Å²) >= 11 is 0. The van der Waals surface area contributed by atoms with E-state index < -0.39 is 0 Å². The third-order valence-corrected chi connectivity index (χ3v) is 3.22. The molecule has 1 saturated heterocycles. The minimum Gasteiger partial charge on any atom is -0.409 e. The topological polar surface area (TPSA) is 73.9 Å². The fourth-order valence-corrected chi connectivity index (χ4v) is 2.12. The molecule has 0 aliphatic carbocycles. The van der Waals surface area contributed by atoms with E-state index in [0.29, 0.717) is 18.3 Å². The predicted octanol–water partition coefficient (Wildman–Crippen LogP) is 0.587. The smallest absolute Gasteiger partial charge is 0.139 e. The van der Waals surface area contributed by atoms with E-state index in [1.54, 1.807) is 0 Å². The summed E-state index contributed by atoms with van der Waals surface area (Å²) in [6.45, 7) is 3.20. The minimum absolute atomic E-state index is 0.316. The maximum absolute atomic E-state index is 8.37. The second kappa shape index (κ2) is 7.46. The molecule has 5 nitrogen and oxygen atoms in total. The van der Waals surface area contributed by atoms with Crippen LogP contribution >= 0.6 is 0 Å². The van der Waals surface area contributed by atoms with E-state index in [4.69, 9.17) is 10.9 Å². The third-order valence-electron chi connectivity index (χ3n) is 3.22. The van der Waals surface area contributed by atoms with Crippen LogP contribution in [0.25, 0.3) is 0 Å². The summed E-state index contributed by atoms with van der Waals surface area (Å²) in [6.07, 6.45) is 5.55. The van der Waals surface area contributed by atoms with Crippen molar-refractivity contribution in [2.75, 3.05) is 26.7 Å². The van der Waals surface area contributed by atoms with Gasteiger partial charge in [-0.3, -0.25) is 0 Å². The van der Waals surface area contributed by atoms with Crippen molar-refractivity contribution < 1.29 is 5.21 Å². The quantitative estimate of drug-likeness (QED) is 0.204. The highest BCUT2D eigenvalue weighted by molar-refractivity contribution is 5.79. The molecule has 0 amide bonds. The van der Waals surface area contributed by atoms with Crippen molar-refractivity contribution in [2.45, 2.75) is 38.1 Å². The number of nitrogens with one attached hydrogen (secondary N) is 1. The Hall–Kier alpha value is -0.810. The Morgan fingerprint density at radius 3 is 3.06 bits per heavy atom. The van der Waals surface area contributed by atoms with Crippen molar-refractivity contribution in [3.8, 4) is 0 Å². The molecular formula is C11H24N4O. The second-order valence-corrected chi connectivity index (χ2v) is 4.53. The lowest BCUT2D eigenvalue weighted by Crippen LogP contribution is -2.43. The summed E-state index contributed by atoms with van der Waals surface area (Å²) in [5.41, 5.74) is 5.38. The van der Waals surface area contributed by atoms with Gasteiger partial charge >= 0.3 is 0 Å². The Morgan fingerprint density at radius 2 is 2.38 bits per heavy atom. The van der Waals surface area contributed by atoms with Crippen LogP contribution in [-0.4, -0.2) is 48.7 Å². The maximum atomic E-state index is 8.37. The minimum atomic E-state index is 0.316. The van der Waals surface area contributed by atoms with Gasteiger partial charge in [-0.1, -0.05) is 11.6 Å². The van der Waals surface area contributed by atoms with Gasteiger partial charge in [-0.25, -0.2) is 0 Å². The molecule has 1 heterocycles. The molecule has 0 saturated carbocycles. The molecule has 0 aromatic rings. The highest BCUT2D eigenvalue weighted by Gasteiger charge is 2.17. The monoisotopic (exact) mass is 228 g/mol.